The number of nitrogens with two attached hydrogens (primary N) is 1. The maximum Gasteiger partial charge on any atom is 0.407 e. The van der Waals surface area contributed by atoms with Crippen molar-refractivity contribution in [3.63, 3.8) is 0 Å². The Morgan fingerprint density at radius 1 is 1.33 bits per heavy atom. The van der Waals surface area contributed by atoms with E-state index >= 15 is 0 Å². The van der Waals surface area contributed by atoms with Gasteiger partial charge in [0, 0.05) is 17.6 Å². The van der Waals surface area contributed by atoms with E-state index < -0.39 is 17.5 Å². The van der Waals surface area contributed by atoms with Crippen LogP contribution in [0.3, 0.4) is 0 Å². The summed E-state index contributed by atoms with van der Waals surface area (Å²) in [6.45, 7) is 5.71. The largest absolute Gasteiger partial charge is 0.480 e. The molecule has 0 spiro atoms. The van der Waals surface area contributed by atoms with Gasteiger partial charge in [-0.05, 0) is 52.5 Å². The van der Waals surface area contributed by atoms with E-state index in [9.17, 15) is 14.7 Å². The molecule has 2 rings (SSSR count). The molecule has 8 nitrogen and oxygen atoms in total. The van der Waals surface area contributed by atoms with Crippen molar-refractivity contribution >= 4 is 29.4 Å². The van der Waals surface area contributed by atoms with E-state index in [0.29, 0.717) is 5.82 Å². The lowest BCUT2D eigenvalue weighted by Crippen LogP contribution is -2.52. The summed E-state index contributed by atoms with van der Waals surface area (Å²) in [6, 6.07) is 1.52. The van der Waals surface area contributed by atoms with Gasteiger partial charge in [0.2, 0.25) is 5.88 Å². The molecule has 1 heterocycles. The summed E-state index contributed by atoms with van der Waals surface area (Å²) < 4.78 is 5.12. The van der Waals surface area contributed by atoms with Gasteiger partial charge in [-0.15, -0.1) is 0 Å². The summed E-state index contributed by atoms with van der Waals surface area (Å²) in [4.78, 5) is 28.9. The smallest absolute Gasteiger partial charge is 0.407 e. The van der Waals surface area contributed by atoms with Crippen LogP contribution < -0.4 is 15.8 Å². The first kappa shape index (κ1) is 21.1. The Kier molecular flexibility index (Phi) is 6.41. The molecule has 9 heteroatoms. The van der Waals surface area contributed by atoms with Gasteiger partial charge in [0.1, 0.15) is 11.4 Å². The van der Waals surface area contributed by atoms with E-state index in [2.05, 4.69) is 10.3 Å². The topological polar surface area (TPSA) is 118 Å². The van der Waals surface area contributed by atoms with Crippen LogP contribution in [0.25, 0.3) is 0 Å². The molecule has 0 radical (unpaired) electrons. The highest BCUT2D eigenvalue weighted by Gasteiger charge is 2.35. The SMILES string of the molecule is COc1nc(N[C@H]2CC[C@H](N(C(=O)O)C(C)(C)C)CC2)c(Cl)cc1C(N)=O. The highest BCUT2D eigenvalue weighted by atomic mass is 35.5. The van der Waals surface area contributed by atoms with Crippen molar-refractivity contribution in [2.45, 2.75) is 64.1 Å². The van der Waals surface area contributed by atoms with Gasteiger partial charge in [-0.1, -0.05) is 11.6 Å². The van der Waals surface area contributed by atoms with Gasteiger partial charge in [-0.3, -0.25) is 4.79 Å². The predicted molar refractivity (Wildman–Crippen MR) is 104 cm³/mol. The number of pyridine rings is 1. The van der Waals surface area contributed by atoms with Crippen LogP contribution in [0.15, 0.2) is 6.07 Å². The second-order valence-electron chi connectivity index (χ2n) is 7.71. The predicted octanol–water partition coefficient (Wildman–Crippen LogP) is 3.34. The fourth-order valence-electron chi connectivity index (χ4n) is 3.57. The second kappa shape index (κ2) is 8.21. The Hall–Kier alpha value is -2.22. The van der Waals surface area contributed by atoms with Gasteiger partial charge in [0.15, 0.2) is 0 Å². The van der Waals surface area contributed by atoms with Crippen LogP contribution in [0.5, 0.6) is 5.88 Å². The molecule has 0 bridgehead atoms. The molecule has 1 saturated carbocycles. The molecule has 0 saturated heterocycles. The third kappa shape index (κ3) is 4.94. The van der Waals surface area contributed by atoms with Crippen molar-refractivity contribution in [2.75, 3.05) is 12.4 Å². The molecule has 2 amide bonds. The molecular weight excluding hydrogens is 372 g/mol. The number of aromatic nitrogens is 1. The molecule has 150 valence electrons. The Morgan fingerprint density at radius 2 is 1.93 bits per heavy atom. The lowest BCUT2D eigenvalue weighted by Gasteiger charge is -2.42. The van der Waals surface area contributed by atoms with Crippen LogP contribution in [0.2, 0.25) is 5.02 Å². The minimum Gasteiger partial charge on any atom is -0.480 e. The zero-order valence-electron chi connectivity index (χ0n) is 16.1. The van der Waals surface area contributed by atoms with E-state index in [1.807, 2.05) is 20.8 Å². The van der Waals surface area contributed by atoms with Crippen LogP contribution in [-0.2, 0) is 0 Å². The van der Waals surface area contributed by atoms with Crippen LogP contribution >= 0.6 is 11.6 Å². The molecule has 1 aromatic heterocycles. The molecule has 0 unspecified atom stereocenters. The Morgan fingerprint density at radius 3 is 2.37 bits per heavy atom. The molecule has 1 fully saturated rings. The van der Waals surface area contributed by atoms with E-state index in [1.54, 1.807) is 4.90 Å². The van der Waals surface area contributed by atoms with Crippen molar-refractivity contribution in [1.29, 1.82) is 0 Å². The second-order valence-corrected chi connectivity index (χ2v) is 8.12. The molecule has 0 aromatic carbocycles. The zero-order chi connectivity index (χ0) is 20.4. The maximum absolute atomic E-state index is 11.7. The summed E-state index contributed by atoms with van der Waals surface area (Å²) in [5.41, 5.74) is 4.99. The van der Waals surface area contributed by atoms with Crippen LogP contribution in [0.4, 0.5) is 10.6 Å². The number of nitrogens with one attached hydrogen (secondary N) is 1. The number of carbonyl (C=O) groups is 2. The first-order valence-electron chi connectivity index (χ1n) is 8.87. The highest BCUT2D eigenvalue weighted by Crippen LogP contribution is 2.32. The number of nitrogens with zero attached hydrogens (tertiary/aromatic N) is 2. The summed E-state index contributed by atoms with van der Waals surface area (Å²) in [7, 11) is 1.41. The Labute approximate surface area is 164 Å². The molecule has 27 heavy (non-hydrogen) atoms. The number of methoxy groups -OCH3 is 1. The van der Waals surface area contributed by atoms with Crippen molar-refractivity contribution in [2.24, 2.45) is 5.73 Å². The average molecular weight is 399 g/mol. The monoisotopic (exact) mass is 398 g/mol. The van der Waals surface area contributed by atoms with E-state index in [-0.39, 0.29) is 28.5 Å². The van der Waals surface area contributed by atoms with Gasteiger partial charge in [0.25, 0.3) is 5.91 Å². The number of hydrogen-bond donors (Lipinski definition) is 3. The van der Waals surface area contributed by atoms with Crippen molar-refractivity contribution < 1.29 is 19.4 Å². The normalized spacial score (nSPS) is 20.0. The quantitative estimate of drug-likeness (QED) is 0.700. The van der Waals surface area contributed by atoms with Gasteiger partial charge >= 0.3 is 6.09 Å². The first-order valence-corrected chi connectivity index (χ1v) is 9.25. The molecule has 0 atom stereocenters. The van der Waals surface area contributed by atoms with Gasteiger partial charge in [-0.2, -0.15) is 4.98 Å². The van der Waals surface area contributed by atoms with E-state index in [0.717, 1.165) is 25.7 Å². The number of halogens is 1. The number of carboxylic acid groups (broad SMARTS) is 1. The fourth-order valence-corrected chi connectivity index (χ4v) is 3.77. The standard InChI is InChI=1S/C18H27ClN4O4/c1-18(2,3)23(17(25)26)11-7-5-10(6-8-11)21-15-13(19)9-12(14(20)24)16(22-15)27-4/h9-11H,5-8H2,1-4H3,(H2,20,24)(H,21,22)(H,25,26)/t10-,11-. The Bertz CT molecular complexity index is 712. The summed E-state index contributed by atoms with van der Waals surface area (Å²) in [5, 5.41) is 13.1. The van der Waals surface area contributed by atoms with E-state index in [1.165, 1.54) is 13.2 Å². The summed E-state index contributed by atoms with van der Waals surface area (Å²) in [6.07, 6.45) is 2.16. The van der Waals surface area contributed by atoms with Crippen LogP contribution in [0.1, 0.15) is 56.8 Å². The summed E-state index contributed by atoms with van der Waals surface area (Å²) in [5.74, 6) is -0.120. The van der Waals surface area contributed by atoms with Crippen LogP contribution in [-0.4, -0.2) is 51.7 Å². The molecule has 4 N–H and O–H groups in total. The van der Waals surface area contributed by atoms with Crippen molar-refractivity contribution in [3.8, 4) is 5.88 Å². The van der Waals surface area contributed by atoms with Crippen LogP contribution in [0, 0.1) is 0 Å². The van der Waals surface area contributed by atoms with Crippen molar-refractivity contribution in [3.05, 3.63) is 16.7 Å². The minimum absolute atomic E-state index is 0.0178. The first-order chi connectivity index (χ1) is 12.5. The average Bonchev–Trinajstić information content (AvgIpc) is 2.56. The number of amides is 2. The molecule has 0 aliphatic heterocycles. The minimum atomic E-state index is -0.893. The maximum atomic E-state index is 11.7. The number of primary amides is 1. The molecular formula is C18H27ClN4O4. The third-order valence-electron chi connectivity index (χ3n) is 4.73. The lowest BCUT2D eigenvalue weighted by molar-refractivity contribution is 0.0556. The number of anilines is 1. The van der Waals surface area contributed by atoms with Gasteiger partial charge < -0.3 is 25.8 Å². The number of hydrogen-bond acceptors (Lipinski definition) is 5. The van der Waals surface area contributed by atoms with Crippen molar-refractivity contribution in [1.82, 2.24) is 9.88 Å². The van der Waals surface area contributed by atoms with Gasteiger partial charge in [0.05, 0.1) is 12.1 Å². The van der Waals surface area contributed by atoms with E-state index in [4.69, 9.17) is 22.1 Å². The highest BCUT2D eigenvalue weighted by molar-refractivity contribution is 6.33. The number of ether oxygens (including phenoxy) is 1. The number of rotatable bonds is 5. The molecule has 1 aliphatic rings. The van der Waals surface area contributed by atoms with Gasteiger partial charge in [-0.25, -0.2) is 4.79 Å². The summed E-state index contributed by atoms with van der Waals surface area (Å²) >= 11 is 6.23. The Balaban J connectivity index is 2.08. The zero-order valence-corrected chi connectivity index (χ0v) is 16.8. The molecule has 1 aromatic rings. The lowest BCUT2D eigenvalue weighted by atomic mass is 9.88. The fraction of sp³-hybridized carbons (Fsp3) is 0.611. The molecule has 1 aliphatic carbocycles. The third-order valence-corrected chi connectivity index (χ3v) is 5.02. The number of carbonyl (C=O) groups excluding carboxylic acids is 1.